The van der Waals surface area contributed by atoms with Gasteiger partial charge < -0.3 is 14.4 Å². The smallest absolute Gasteiger partial charge is 0.0701 e. The van der Waals surface area contributed by atoms with E-state index in [1.54, 1.807) is 0 Å². The summed E-state index contributed by atoms with van der Waals surface area (Å²) in [5.41, 5.74) is 0. The first kappa shape index (κ1) is 12.9. The topological polar surface area (TPSA) is 21.7 Å². The number of ether oxygens (including phenoxy) is 2. The van der Waals surface area contributed by atoms with Crippen LogP contribution < -0.4 is 0 Å². The van der Waals surface area contributed by atoms with E-state index in [9.17, 15) is 0 Å². The van der Waals surface area contributed by atoms with Gasteiger partial charge in [0.2, 0.25) is 0 Å². The molecule has 0 fully saturated rings. The van der Waals surface area contributed by atoms with Crippen molar-refractivity contribution < 1.29 is 9.47 Å². The monoisotopic (exact) mass is 189 g/mol. The molecule has 0 aromatic heterocycles. The van der Waals surface area contributed by atoms with E-state index in [0.29, 0.717) is 0 Å². The zero-order chi connectivity index (χ0) is 9.94. The van der Waals surface area contributed by atoms with Crippen molar-refractivity contribution in [2.24, 2.45) is 0 Å². The summed E-state index contributed by atoms with van der Waals surface area (Å²) in [4.78, 5) is 2.23. The Morgan fingerprint density at radius 2 is 1.54 bits per heavy atom. The van der Waals surface area contributed by atoms with Crippen molar-refractivity contribution in [1.29, 1.82) is 0 Å². The third kappa shape index (κ3) is 9.80. The Kier molecular flexibility index (Phi) is 9.87. The molecule has 0 radical (unpaired) electrons. The van der Waals surface area contributed by atoms with Gasteiger partial charge >= 0.3 is 0 Å². The average molecular weight is 189 g/mol. The summed E-state index contributed by atoms with van der Waals surface area (Å²) in [5, 5.41) is 0. The van der Waals surface area contributed by atoms with Crippen LogP contribution in [0.3, 0.4) is 0 Å². The summed E-state index contributed by atoms with van der Waals surface area (Å²) in [6.45, 7) is 9.43. The fourth-order valence-electron chi connectivity index (χ4n) is 0.845. The molecule has 0 saturated heterocycles. The van der Waals surface area contributed by atoms with Crippen LogP contribution in [0.2, 0.25) is 0 Å². The summed E-state index contributed by atoms with van der Waals surface area (Å²) >= 11 is 0. The van der Waals surface area contributed by atoms with E-state index >= 15 is 0 Å². The van der Waals surface area contributed by atoms with Crippen molar-refractivity contribution in [3.8, 4) is 0 Å². The molecule has 0 N–H and O–H groups in total. The number of rotatable bonds is 9. The number of likely N-dealkylation sites (N-methyl/N-ethyl adjacent to an activating group) is 1. The summed E-state index contributed by atoms with van der Waals surface area (Å²) in [6.07, 6.45) is 1.08. The predicted molar refractivity (Wildman–Crippen MR) is 55.1 cm³/mol. The minimum absolute atomic E-state index is 0.720. The van der Waals surface area contributed by atoms with Crippen LogP contribution >= 0.6 is 0 Å². The van der Waals surface area contributed by atoms with Crippen LogP contribution in [-0.2, 0) is 9.47 Å². The maximum absolute atomic E-state index is 5.39. The normalized spacial score (nSPS) is 11.1. The Morgan fingerprint density at radius 1 is 0.923 bits per heavy atom. The summed E-state index contributed by atoms with van der Waals surface area (Å²) in [7, 11) is 2.09. The molecule has 80 valence electrons. The lowest BCUT2D eigenvalue weighted by molar-refractivity contribution is 0.0415. The molecule has 0 aliphatic heterocycles. The van der Waals surface area contributed by atoms with E-state index in [1.807, 2.05) is 0 Å². The molecular weight excluding hydrogens is 166 g/mol. The zero-order valence-corrected chi connectivity index (χ0v) is 9.21. The third-order valence-electron chi connectivity index (χ3n) is 1.88. The molecule has 0 unspecified atom stereocenters. The molecule has 0 aliphatic carbocycles. The molecule has 3 nitrogen and oxygen atoms in total. The summed E-state index contributed by atoms with van der Waals surface area (Å²) in [6, 6.07) is 0. The maximum atomic E-state index is 5.39. The average Bonchev–Trinajstić information content (AvgIpc) is 2.16. The highest BCUT2D eigenvalue weighted by molar-refractivity contribution is 4.44. The molecule has 0 bridgehead atoms. The Balaban J connectivity index is 2.91. The van der Waals surface area contributed by atoms with Crippen LogP contribution in [-0.4, -0.2) is 51.5 Å². The van der Waals surface area contributed by atoms with Gasteiger partial charge in [0.1, 0.15) is 0 Å². The minimum Gasteiger partial charge on any atom is -0.379 e. The van der Waals surface area contributed by atoms with E-state index in [2.05, 4.69) is 25.8 Å². The van der Waals surface area contributed by atoms with Gasteiger partial charge in [-0.1, -0.05) is 13.8 Å². The van der Waals surface area contributed by atoms with E-state index < -0.39 is 0 Å². The first-order chi connectivity index (χ1) is 6.31. The Hall–Kier alpha value is -0.120. The molecule has 0 spiro atoms. The molecule has 0 heterocycles. The second-order valence-electron chi connectivity index (χ2n) is 3.12. The third-order valence-corrected chi connectivity index (χ3v) is 1.88. The number of hydrogen-bond acceptors (Lipinski definition) is 3. The van der Waals surface area contributed by atoms with Crippen molar-refractivity contribution in [2.45, 2.75) is 20.3 Å². The first-order valence-corrected chi connectivity index (χ1v) is 5.15. The second kappa shape index (κ2) is 9.96. The highest BCUT2D eigenvalue weighted by Gasteiger charge is 1.93. The van der Waals surface area contributed by atoms with Gasteiger partial charge in [0.25, 0.3) is 0 Å². The van der Waals surface area contributed by atoms with Crippen LogP contribution in [0.4, 0.5) is 0 Å². The Morgan fingerprint density at radius 3 is 2.08 bits per heavy atom. The van der Waals surface area contributed by atoms with Crippen LogP contribution in [0.15, 0.2) is 0 Å². The largest absolute Gasteiger partial charge is 0.379 e. The molecule has 0 aromatic carbocycles. The van der Waals surface area contributed by atoms with E-state index in [0.717, 1.165) is 45.9 Å². The zero-order valence-electron chi connectivity index (χ0n) is 9.21. The molecule has 13 heavy (non-hydrogen) atoms. The molecule has 0 aliphatic rings. The SMILES string of the molecule is CCCOCCOCCN(C)CC. The van der Waals surface area contributed by atoms with E-state index in [1.165, 1.54) is 0 Å². The standard InChI is InChI=1S/C10H23NO2/c1-4-7-12-9-10-13-8-6-11(3)5-2/h4-10H2,1-3H3. The van der Waals surface area contributed by atoms with Crippen molar-refractivity contribution in [3.05, 3.63) is 0 Å². The molecule has 0 amide bonds. The van der Waals surface area contributed by atoms with Crippen LogP contribution in [0, 0.1) is 0 Å². The van der Waals surface area contributed by atoms with Gasteiger partial charge in [-0.3, -0.25) is 0 Å². The van der Waals surface area contributed by atoms with Crippen molar-refractivity contribution in [3.63, 3.8) is 0 Å². The second-order valence-corrected chi connectivity index (χ2v) is 3.12. The van der Waals surface area contributed by atoms with Gasteiger partial charge in [-0.05, 0) is 20.0 Å². The maximum Gasteiger partial charge on any atom is 0.0701 e. The van der Waals surface area contributed by atoms with Gasteiger partial charge in [0, 0.05) is 13.2 Å². The fourth-order valence-corrected chi connectivity index (χ4v) is 0.845. The molecule has 0 aromatic rings. The van der Waals surface area contributed by atoms with E-state index in [-0.39, 0.29) is 0 Å². The fraction of sp³-hybridized carbons (Fsp3) is 1.00. The van der Waals surface area contributed by atoms with Gasteiger partial charge in [-0.25, -0.2) is 0 Å². The van der Waals surface area contributed by atoms with Gasteiger partial charge in [-0.2, -0.15) is 0 Å². The van der Waals surface area contributed by atoms with Crippen LogP contribution in [0.25, 0.3) is 0 Å². The molecule has 0 atom stereocenters. The molecule has 3 heteroatoms. The highest BCUT2D eigenvalue weighted by Crippen LogP contribution is 1.84. The Labute approximate surface area is 82.0 Å². The molecule has 0 rings (SSSR count). The quantitative estimate of drug-likeness (QED) is 0.511. The van der Waals surface area contributed by atoms with Crippen molar-refractivity contribution >= 4 is 0 Å². The minimum atomic E-state index is 0.720. The van der Waals surface area contributed by atoms with E-state index in [4.69, 9.17) is 9.47 Å². The molecular formula is C10H23NO2. The van der Waals surface area contributed by atoms with Crippen molar-refractivity contribution in [1.82, 2.24) is 4.90 Å². The van der Waals surface area contributed by atoms with Crippen molar-refractivity contribution in [2.75, 3.05) is 46.6 Å². The summed E-state index contributed by atoms with van der Waals surface area (Å²) in [5.74, 6) is 0. The van der Waals surface area contributed by atoms with Crippen LogP contribution in [0.5, 0.6) is 0 Å². The van der Waals surface area contributed by atoms with Gasteiger partial charge in [-0.15, -0.1) is 0 Å². The lowest BCUT2D eigenvalue weighted by atomic mass is 10.5. The lowest BCUT2D eigenvalue weighted by Gasteiger charge is -2.13. The predicted octanol–water partition coefficient (Wildman–Crippen LogP) is 1.38. The summed E-state index contributed by atoms with van der Waals surface area (Å²) < 4.78 is 10.7. The number of nitrogens with zero attached hydrogens (tertiary/aromatic N) is 1. The Bertz CT molecular complexity index is 98.9. The van der Waals surface area contributed by atoms with Gasteiger partial charge in [0.15, 0.2) is 0 Å². The highest BCUT2D eigenvalue weighted by atomic mass is 16.5. The number of hydrogen-bond donors (Lipinski definition) is 0. The van der Waals surface area contributed by atoms with Gasteiger partial charge in [0.05, 0.1) is 19.8 Å². The van der Waals surface area contributed by atoms with Crippen LogP contribution in [0.1, 0.15) is 20.3 Å². The molecule has 0 saturated carbocycles. The first-order valence-electron chi connectivity index (χ1n) is 5.15. The lowest BCUT2D eigenvalue weighted by Crippen LogP contribution is -2.23.